The smallest absolute Gasteiger partial charge is 0.239 e. The van der Waals surface area contributed by atoms with Gasteiger partial charge in [0.25, 0.3) is 0 Å². The Bertz CT molecular complexity index is 934. The van der Waals surface area contributed by atoms with E-state index in [2.05, 4.69) is 17.4 Å². The van der Waals surface area contributed by atoms with Crippen LogP contribution in [-0.4, -0.2) is 46.8 Å². The summed E-state index contributed by atoms with van der Waals surface area (Å²) in [7, 11) is 1.92. The summed E-state index contributed by atoms with van der Waals surface area (Å²) in [6.45, 7) is 7.73. The molecule has 0 spiro atoms. The summed E-state index contributed by atoms with van der Waals surface area (Å²) in [5.74, 6) is 1.18. The largest absolute Gasteiger partial charge is 0.490 e. The number of rotatable bonds is 8. The number of anilines is 1. The standard InChI is InChI=1S/C22H28N4O2/c1-5-25(4)15-20(27)23-22-21-18(12-9-13-19(21)28-16(2)3)26(24-22)14-17-10-7-6-8-11-17/h6-13,16H,5,14-15H2,1-4H3,(H,23,24,27). The molecule has 0 bridgehead atoms. The average Bonchev–Trinajstić information content (AvgIpc) is 3.00. The second-order valence-electron chi connectivity index (χ2n) is 7.19. The van der Waals surface area contributed by atoms with Gasteiger partial charge in [-0.25, -0.2) is 0 Å². The summed E-state index contributed by atoms with van der Waals surface area (Å²) in [5.41, 5.74) is 2.08. The first-order valence-corrected chi connectivity index (χ1v) is 9.66. The molecule has 2 aromatic carbocycles. The van der Waals surface area contributed by atoms with E-state index in [-0.39, 0.29) is 12.0 Å². The van der Waals surface area contributed by atoms with Gasteiger partial charge >= 0.3 is 0 Å². The molecule has 0 saturated heterocycles. The van der Waals surface area contributed by atoms with Gasteiger partial charge in [-0.1, -0.05) is 43.3 Å². The third-order valence-corrected chi connectivity index (χ3v) is 4.49. The summed E-state index contributed by atoms with van der Waals surface area (Å²) in [6.07, 6.45) is 0.0258. The van der Waals surface area contributed by atoms with Crippen molar-refractivity contribution in [2.75, 3.05) is 25.5 Å². The molecule has 0 radical (unpaired) electrons. The van der Waals surface area contributed by atoms with Crippen LogP contribution in [0.15, 0.2) is 48.5 Å². The van der Waals surface area contributed by atoms with Crippen molar-refractivity contribution in [3.8, 4) is 5.75 Å². The molecule has 0 aliphatic carbocycles. The monoisotopic (exact) mass is 380 g/mol. The second kappa shape index (κ2) is 8.89. The molecule has 1 amide bonds. The molecule has 0 saturated carbocycles. The highest BCUT2D eigenvalue weighted by Gasteiger charge is 2.18. The van der Waals surface area contributed by atoms with Crippen molar-refractivity contribution < 1.29 is 9.53 Å². The maximum absolute atomic E-state index is 12.5. The van der Waals surface area contributed by atoms with Gasteiger partial charge in [-0.3, -0.25) is 14.4 Å². The minimum Gasteiger partial charge on any atom is -0.490 e. The van der Waals surface area contributed by atoms with Gasteiger partial charge in [-0.2, -0.15) is 5.10 Å². The van der Waals surface area contributed by atoms with Crippen LogP contribution in [0.25, 0.3) is 10.9 Å². The maximum atomic E-state index is 12.5. The van der Waals surface area contributed by atoms with Gasteiger partial charge in [0.1, 0.15) is 5.75 Å². The number of likely N-dealkylation sites (N-methyl/N-ethyl adjacent to an activating group) is 1. The predicted molar refractivity (Wildman–Crippen MR) is 113 cm³/mol. The van der Waals surface area contributed by atoms with Crippen molar-refractivity contribution in [3.05, 3.63) is 54.1 Å². The molecular weight excluding hydrogens is 352 g/mol. The number of hydrogen-bond donors (Lipinski definition) is 1. The first kappa shape index (κ1) is 19.9. The predicted octanol–water partition coefficient (Wildman–Crippen LogP) is 3.76. The lowest BCUT2D eigenvalue weighted by atomic mass is 10.2. The molecule has 3 rings (SSSR count). The van der Waals surface area contributed by atoms with Crippen LogP contribution in [0.3, 0.4) is 0 Å². The Hall–Kier alpha value is -2.86. The van der Waals surface area contributed by atoms with E-state index in [1.165, 1.54) is 0 Å². The average molecular weight is 380 g/mol. The number of nitrogens with one attached hydrogen (secondary N) is 1. The third kappa shape index (κ3) is 4.70. The van der Waals surface area contributed by atoms with Gasteiger partial charge in [-0.05, 0) is 45.1 Å². The molecule has 1 heterocycles. The van der Waals surface area contributed by atoms with Crippen LogP contribution in [0, 0.1) is 0 Å². The van der Waals surface area contributed by atoms with Crippen LogP contribution in [0.5, 0.6) is 5.75 Å². The summed E-state index contributed by atoms with van der Waals surface area (Å²) >= 11 is 0. The lowest BCUT2D eigenvalue weighted by Gasteiger charge is -2.14. The van der Waals surface area contributed by atoms with Gasteiger partial charge in [0.2, 0.25) is 5.91 Å². The number of fused-ring (bicyclic) bond motifs is 1. The van der Waals surface area contributed by atoms with Crippen molar-refractivity contribution in [1.82, 2.24) is 14.7 Å². The Morgan fingerprint density at radius 2 is 1.93 bits per heavy atom. The Morgan fingerprint density at radius 3 is 2.61 bits per heavy atom. The van der Waals surface area contributed by atoms with Gasteiger partial charge in [0.15, 0.2) is 5.82 Å². The van der Waals surface area contributed by atoms with E-state index in [0.29, 0.717) is 18.9 Å². The van der Waals surface area contributed by atoms with Crippen molar-refractivity contribution in [1.29, 1.82) is 0 Å². The molecule has 3 aromatic rings. The first-order valence-electron chi connectivity index (χ1n) is 9.66. The summed E-state index contributed by atoms with van der Waals surface area (Å²) in [5, 5.41) is 8.52. The second-order valence-corrected chi connectivity index (χ2v) is 7.19. The highest BCUT2D eigenvalue weighted by atomic mass is 16.5. The van der Waals surface area contributed by atoms with Crippen LogP contribution >= 0.6 is 0 Å². The van der Waals surface area contributed by atoms with Crippen molar-refractivity contribution in [3.63, 3.8) is 0 Å². The molecule has 0 atom stereocenters. The zero-order chi connectivity index (χ0) is 20.1. The van der Waals surface area contributed by atoms with Gasteiger partial charge in [-0.15, -0.1) is 0 Å². The van der Waals surface area contributed by atoms with Crippen LogP contribution < -0.4 is 10.1 Å². The zero-order valence-electron chi connectivity index (χ0n) is 17.0. The third-order valence-electron chi connectivity index (χ3n) is 4.49. The molecule has 1 aromatic heterocycles. The molecule has 6 heteroatoms. The molecule has 0 aliphatic rings. The van der Waals surface area contributed by atoms with E-state index in [1.807, 2.05) is 73.8 Å². The normalized spacial score (nSPS) is 11.4. The van der Waals surface area contributed by atoms with Crippen LogP contribution in [0.1, 0.15) is 26.3 Å². The topological polar surface area (TPSA) is 59.4 Å². The fraction of sp³-hybridized carbons (Fsp3) is 0.364. The molecule has 28 heavy (non-hydrogen) atoms. The van der Waals surface area contributed by atoms with E-state index in [9.17, 15) is 4.79 Å². The van der Waals surface area contributed by atoms with Gasteiger partial charge < -0.3 is 10.1 Å². The van der Waals surface area contributed by atoms with E-state index in [4.69, 9.17) is 9.84 Å². The number of carbonyl (C=O) groups is 1. The van der Waals surface area contributed by atoms with Gasteiger partial charge in [0.05, 0.1) is 30.1 Å². The SMILES string of the molecule is CCN(C)CC(=O)Nc1nn(Cc2ccccc2)c2cccc(OC(C)C)c12. The van der Waals surface area contributed by atoms with Crippen molar-refractivity contribution in [2.24, 2.45) is 0 Å². The number of carbonyl (C=O) groups excluding carboxylic acids is 1. The zero-order valence-corrected chi connectivity index (χ0v) is 17.0. The van der Waals surface area contributed by atoms with E-state index in [1.54, 1.807) is 0 Å². The Labute approximate surface area is 166 Å². The number of amides is 1. The molecule has 148 valence electrons. The number of nitrogens with zero attached hydrogens (tertiary/aromatic N) is 3. The van der Waals surface area contributed by atoms with Crippen molar-refractivity contribution >= 4 is 22.6 Å². The molecule has 0 fully saturated rings. The molecular formula is C22H28N4O2. The number of hydrogen-bond acceptors (Lipinski definition) is 4. The number of ether oxygens (including phenoxy) is 1. The number of aromatic nitrogens is 2. The molecule has 0 aliphatic heterocycles. The first-order chi connectivity index (χ1) is 13.5. The molecule has 0 unspecified atom stereocenters. The van der Waals surface area contributed by atoms with Crippen LogP contribution in [0.4, 0.5) is 5.82 Å². The Balaban J connectivity index is 2.01. The summed E-state index contributed by atoms with van der Waals surface area (Å²) in [4.78, 5) is 14.4. The molecule has 6 nitrogen and oxygen atoms in total. The van der Waals surface area contributed by atoms with E-state index in [0.717, 1.165) is 28.8 Å². The summed E-state index contributed by atoms with van der Waals surface area (Å²) < 4.78 is 7.91. The minimum absolute atomic E-state index is 0.0258. The van der Waals surface area contributed by atoms with Gasteiger partial charge in [0, 0.05) is 0 Å². The number of benzene rings is 2. The van der Waals surface area contributed by atoms with Crippen LogP contribution in [-0.2, 0) is 11.3 Å². The Kier molecular flexibility index (Phi) is 6.31. The fourth-order valence-corrected chi connectivity index (χ4v) is 3.04. The Morgan fingerprint density at radius 1 is 1.18 bits per heavy atom. The molecule has 1 N–H and O–H groups in total. The highest BCUT2D eigenvalue weighted by molar-refractivity contribution is 6.03. The lowest BCUT2D eigenvalue weighted by molar-refractivity contribution is -0.117. The lowest BCUT2D eigenvalue weighted by Crippen LogP contribution is -2.30. The van der Waals surface area contributed by atoms with E-state index < -0.39 is 0 Å². The summed E-state index contributed by atoms with van der Waals surface area (Å²) in [6, 6.07) is 16.0. The highest BCUT2D eigenvalue weighted by Crippen LogP contribution is 2.33. The van der Waals surface area contributed by atoms with Crippen molar-refractivity contribution in [2.45, 2.75) is 33.4 Å². The minimum atomic E-state index is -0.0880. The van der Waals surface area contributed by atoms with E-state index >= 15 is 0 Å². The maximum Gasteiger partial charge on any atom is 0.239 e. The quantitative estimate of drug-likeness (QED) is 0.646. The van der Waals surface area contributed by atoms with Crippen LogP contribution in [0.2, 0.25) is 0 Å². The fourth-order valence-electron chi connectivity index (χ4n) is 3.04.